The van der Waals surface area contributed by atoms with E-state index < -0.39 is 5.97 Å². The quantitative estimate of drug-likeness (QED) is 0.330. The summed E-state index contributed by atoms with van der Waals surface area (Å²) in [6.45, 7) is 2.21. The Hall–Kier alpha value is -4.25. The number of nitrogens with zero attached hydrogens (tertiary/aromatic N) is 5. The molecule has 1 aliphatic rings. The predicted octanol–water partition coefficient (Wildman–Crippen LogP) is 2.36. The molecule has 2 aromatic carbocycles. The van der Waals surface area contributed by atoms with Gasteiger partial charge in [0.25, 0.3) is 0 Å². The average molecular weight is 449 g/mol. The second-order valence-corrected chi connectivity index (χ2v) is 6.99. The minimum Gasteiger partial charge on any atom is -0.482 e. The standard InChI is InChI=1S/C22H23N7O4/c30-19(31)15-33-18-8-6-16(7-9-18)14-23-28-21-25-20(24-17-4-2-1-3-5-17)26-22(27-21)29-10-12-32-13-11-29/h1-9,14H,10-13,15H2,(H,30,31)(H2,24,25,26,27,28)/b23-14+. The Morgan fingerprint density at radius 2 is 1.79 bits per heavy atom. The van der Waals surface area contributed by atoms with Crippen molar-refractivity contribution in [1.29, 1.82) is 0 Å². The van der Waals surface area contributed by atoms with E-state index in [1.165, 1.54) is 0 Å². The second kappa shape index (κ2) is 10.9. The van der Waals surface area contributed by atoms with E-state index >= 15 is 0 Å². The van der Waals surface area contributed by atoms with Crippen LogP contribution in [0.4, 0.5) is 23.5 Å². The first-order valence-electron chi connectivity index (χ1n) is 10.3. The Kier molecular flexibility index (Phi) is 7.23. The van der Waals surface area contributed by atoms with Gasteiger partial charge >= 0.3 is 5.97 Å². The molecule has 3 aromatic rings. The molecule has 0 aliphatic carbocycles. The fraction of sp³-hybridized carbons (Fsp3) is 0.227. The highest BCUT2D eigenvalue weighted by Gasteiger charge is 2.16. The van der Waals surface area contributed by atoms with Crippen LogP contribution in [0.3, 0.4) is 0 Å². The summed E-state index contributed by atoms with van der Waals surface area (Å²) in [5.74, 6) is 0.661. The van der Waals surface area contributed by atoms with Gasteiger partial charge in [-0.1, -0.05) is 18.2 Å². The van der Waals surface area contributed by atoms with Crippen molar-refractivity contribution in [3.05, 3.63) is 60.2 Å². The van der Waals surface area contributed by atoms with Crippen molar-refractivity contribution in [3.63, 3.8) is 0 Å². The van der Waals surface area contributed by atoms with Crippen LogP contribution >= 0.6 is 0 Å². The third-order valence-corrected chi connectivity index (χ3v) is 4.57. The Bertz CT molecular complexity index is 1090. The molecule has 0 saturated carbocycles. The Morgan fingerprint density at radius 3 is 2.52 bits per heavy atom. The smallest absolute Gasteiger partial charge is 0.341 e. The summed E-state index contributed by atoms with van der Waals surface area (Å²) < 4.78 is 10.5. The maximum Gasteiger partial charge on any atom is 0.341 e. The second-order valence-electron chi connectivity index (χ2n) is 6.99. The van der Waals surface area contributed by atoms with Crippen LogP contribution in [0.15, 0.2) is 59.7 Å². The van der Waals surface area contributed by atoms with Crippen LogP contribution in [-0.2, 0) is 9.53 Å². The van der Waals surface area contributed by atoms with Gasteiger partial charge in [0.2, 0.25) is 17.8 Å². The van der Waals surface area contributed by atoms with Gasteiger partial charge in [-0.05, 0) is 42.0 Å². The molecule has 1 saturated heterocycles. The molecule has 0 spiro atoms. The number of ether oxygens (including phenoxy) is 2. The zero-order valence-electron chi connectivity index (χ0n) is 17.7. The van der Waals surface area contributed by atoms with Crippen molar-refractivity contribution < 1.29 is 19.4 Å². The highest BCUT2D eigenvalue weighted by Crippen LogP contribution is 2.18. The van der Waals surface area contributed by atoms with E-state index in [1.807, 2.05) is 35.2 Å². The van der Waals surface area contributed by atoms with E-state index in [4.69, 9.17) is 14.6 Å². The summed E-state index contributed by atoms with van der Waals surface area (Å²) in [5.41, 5.74) is 4.50. The van der Waals surface area contributed by atoms with E-state index in [2.05, 4.69) is 30.8 Å². The first-order chi connectivity index (χ1) is 16.2. The molecule has 0 bridgehead atoms. The fourth-order valence-electron chi connectivity index (χ4n) is 2.99. The number of nitrogens with one attached hydrogen (secondary N) is 2. The maximum absolute atomic E-state index is 10.6. The van der Waals surface area contributed by atoms with Crippen LogP contribution in [0.5, 0.6) is 5.75 Å². The third kappa shape index (κ3) is 6.61. The predicted molar refractivity (Wildman–Crippen MR) is 123 cm³/mol. The number of aromatic nitrogens is 3. The van der Waals surface area contributed by atoms with Crippen molar-refractivity contribution in [3.8, 4) is 5.75 Å². The monoisotopic (exact) mass is 449 g/mol. The minimum atomic E-state index is -1.03. The summed E-state index contributed by atoms with van der Waals surface area (Å²) in [6.07, 6.45) is 1.60. The van der Waals surface area contributed by atoms with E-state index in [-0.39, 0.29) is 6.61 Å². The fourth-order valence-corrected chi connectivity index (χ4v) is 2.99. The number of hydrazone groups is 1. The molecule has 170 valence electrons. The van der Waals surface area contributed by atoms with Crippen molar-refractivity contribution in [1.82, 2.24) is 15.0 Å². The number of carbonyl (C=O) groups is 1. The Balaban J connectivity index is 1.47. The number of aliphatic carboxylic acids is 1. The lowest BCUT2D eigenvalue weighted by Crippen LogP contribution is -2.37. The van der Waals surface area contributed by atoms with Crippen molar-refractivity contribution >= 4 is 35.7 Å². The molecule has 0 radical (unpaired) electrons. The average Bonchev–Trinajstić information content (AvgIpc) is 2.84. The SMILES string of the molecule is O=C(O)COc1ccc(/C=N/Nc2nc(Nc3ccccc3)nc(N3CCOCC3)n2)cc1. The maximum atomic E-state index is 10.6. The minimum absolute atomic E-state index is 0.294. The van der Waals surface area contributed by atoms with Crippen LogP contribution in [0, 0.1) is 0 Å². The molecule has 1 aromatic heterocycles. The van der Waals surface area contributed by atoms with Crippen LogP contribution in [0.2, 0.25) is 0 Å². The first-order valence-corrected chi connectivity index (χ1v) is 10.3. The first kappa shape index (κ1) is 22.0. The highest BCUT2D eigenvalue weighted by molar-refractivity contribution is 5.80. The van der Waals surface area contributed by atoms with E-state index in [0.717, 1.165) is 11.3 Å². The number of morpholine rings is 1. The molecule has 1 aliphatic heterocycles. The number of rotatable bonds is 9. The summed E-state index contributed by atoms with van der Waals surface area (Å²) in [7, 11) is 0. The third-order valence-electron chi connectivity index (χ3n) is 4.57. The summed E-state index contributed by atoms with van der Waals surface area (Å²) in [6, 6.07) is 16.5. The molecule has 1 fully saturated rings. The zero-order chi connectivity index (χ0) is 22.9. The van der Waals surface area contributed by atoms with Crippen LogP contribution in [0.1, 0.15) is 5.56 Å². The number of anilines is 4. The largest absolute Gasteiger partial charge is 0.482 e. The normalized spacial score (nSPS) is 13.6. The van der Waals surface area contributed by atoms with Gasteiger partial charge in [0.05, 0.1) is 19.4 Å². The van der Waals surface area contributed by atoms with Gasteiger partial charge in [-0.25, -0.2) is 10.2 Å². The topological polar surface area (TPSA) is 134 Å². The molecule has 11 nitrogen and oxygen atoms in total. The van der Waals surface area contributed by atoms with E-state index in [0.29, 0.717) is 49.9 Å². The summed E-state index contributed by atoms with van der Waals surface area (Å²) in [5, 5.41) is 16.1. The molecule has 3 N–H and O–H groups in total. The van der Waals surface area contributed by atoms with Crippen LogP contribution in [-0.4, -0.2) is 65.2 Å². The van der Waals surface area contributed by atoms with Crippen LogP contribution < -0.4 is 20.4 Å². The van der Waals surface area contributed by atoms with E-state index in [9.17, 15) is 4.79 Å². The molecule has 0 unspecified atom stereocenters. The van der Waals surface area contributed by atoms with Gasteiger partial charge in [0, 0.05) is 18.8 Å². The van der Waals surface area contributed by atoms with Gasteiger partial charge in [0.15, 0.2) is 6.61 Å². The molecule has 0 atom stereocenters. The van der Waals surface area contributed by atoms with Gasteiger partial charge < -0.3 is 24.8 Å². The number of hydrogen-bond acceptors (Lipinski definition) is 10. The van der Waals surface area contributed by atoms with Crippen LogP contribution in [0.25, 0.3) is 0 Å². The lowest BCUT2D eigenvalue weighted by molar-refractivity contribution is -0.139. The van der Waals surface area contributed by atoms with Crippen molar-refractivity contribution in [2.75, 3.05) is 48.6 Å². The molecule has 4 rings (SSSR count). The van der Waals surface area contributed by atoms with Gasteiger partial charge in [-0.2, -0.15) is 20.1 Å². The number of carboxylic acids is 1. The Morgan fingerprint density at radius 1 is 1.06 bits per heavy atom. The molecule has 33 heavy (non-hydrogen) atoms. The molecule has 2 heterocycles. The van der Waals surface area contributed by atoms with Gasteiger partial charge in [-0.3, -0.25) is 0 Å². The Labute approximate surface area is 190 Å². The number of benzene rings is 2. The van der Waals surface area contributed by atoms with Crippen molar-refractivity contribution in [2.45, 2.75) is 0 Å². The summed E-state index contributed by atoms with van der Waals surface area (Å²) >= 11 is 0. The number of hydrogen-bond donors (Lipinski definition) is 3. The molecular formula is C22H23N7O4. The molecule has 0 amide bonds. The molecule has 11 heteroatoms. The zero-order valence-corrected chi connectivity index (χ0v) is 17.7. The van der Waals surface area contributed by atoms with E-state index in [1.54, 1.807) is 30.5 Å². The highest BCUT2D eigenvalue weighted by atomic mass is 16.5. The summed E-state index contributed by atoms with van der Waals surface area (Å²) in [4.78, 5) is 26.1. The lowest BCUT2D eigenvalue weighted by Gasteiger charge is -2.27. The number of para-hydroxylation sites is 1. The van der Waals surface area contributed by atoms with Crippen molar-refractivity contribution in [2.24, 2.45) is 5.10 Å². The number of carboxylic acid groups (broad SMARTS) is 1. The lowest BCUT2D eigenvalue weighted by atomic mass is 10.2. The molecular weight excluding hydrogens is 426 g/mol. The van der Waals surface area contributed by atoms with Gasteiger partial charge in [0.1, 0.15) is 5.75 Å². The van der Waals surface area contributed by atoms with Gasteiger partial charge in [-0.15, -0.1) is 0 Å².